The van der Waals surface area contributed by atoms with Crippen LogP contribution >= 0.6 is 7.05 Å². The molecule has 0 saturated heterocycles. The molecule has 6 nitrogen and oxygen atoms in total. The maximum absolute atomic E-state index is 14.8. The number of benzene rings is 5. The zero-order valence-electron chi connectivity index (χ0n) is 29.6. The van der Waals surface area contributed by atoms with Crippen molar-refractivity contribution in [1.29, 1.82) is 0 Å². The SMILES string of the molecule is CC(C)(C)N(C(=O)C(=O)c1ccccc1)C(C(=O)NC1CCCCC1)c1ccccc1N=P(c1ccccc1)(c1ccccc1)c1ccccc1. The van der Waals surface area contributed by atoms with Gasteiger partial charge < -0.3 is 10.2 Å². The van der Waals surface area contributed by atoms with Crippen molar-refractivity contribution in [3.63, 3.8) is 0 Å². The van der Waals surface area contributed by atoms with Crippen LogP contribution in [-0.2, 0) is 9.59 Å². The Kier molecular flexibility index (Phi) is 11.1. The van der Waals surface area contributed by atoms with Crippen LogP contribution in [0.15, 0.2) is 150 Å². The predicted molar refractivity (Wildman–Crippen MR) is 209 cm³/mol. The molecule has 1 unspecified atom stereocenters. The molecule has 2 amide bonds. The summed E-state index contributed by atoms with van der Waals surface area (Å²) in [6.07, 6.45) is 4.96. The van der Waals surface area contributed by atoms with Crippen molar-refractivity contribution in [3.05, 3.63) is 157 Å². The monoisotopic (exact) mass is 695 g/mol. The van der Waals surface area contributed by atoms with Gasteiger partial charge in [-0.2, -0.15) is 0 Å². The fourth-order valence-corrected chi connectivity index (χ4v) is 10.6. The molecule has 1 fully saturated rings. The Morgan fingerprint density at radius 3 is 1.59 bits per heavy atom. The number of carbonyl (C=O) groups excluding carboxylic acids is 3. The maximum Gasteiger partial charge on any atom is 0.296 e. The lowest BCUT2D eigenvalue weighted by atomic mass is 9.92. The second-order valence-corrected chi connectivity index (χ2v) is 17.1. The number of rotatable bonds is 10. The summed E-state index contributed by atoms with van der Waals surface area (Å²) in [5.41, 5.74) is 0.541. The van der Waals surface area contributed by atoms with Gasteiger partial charge in [-0.1, -0.05) is 159 Å². The molecule has 5 aromatic rings. The standard InChI is InChI=1S/C44H46N3O3P/c1-44(2,3)47(43(50)41(48)33-21-9-4-10-22-33)40(42(49)45-34-23-11-5-12-24-34)38-31-19-20-32-39(38)46-51(35-25-13-6-14-26-35,36-27-15-7-16-28-36)37-29-17-8-18-30-37/h4,6-10,13-22,25-32,34,40H,5,11-12,23-24H2,1-3H3,(H,45,49). The first-order valence-electron chi connectivity index (χ1n) is 17.8. The van der Waals surface area contributed by atoms with Gasteiger partial charge in [-0.05, 0) is 39.7 Å². The average molecular weight is 696 g/mol. The van der Waals surface area contributed by atoms with Crippen molar-refractivity contribution in [2.45, 2.75) is 70.5 Å². The molecule has 1 aliphatic rings. The van der Waals surface area contributed by atoms with E-state index in [0.717, 1.165) is 48.0 Å². The second kappa shape index (κ2) is 15.9. The van der Waals surface area contributed by atoms with E-state index in [2.05, 4.69) is 41.7 Å². The van der Waals surface area contributed by atoms with Crippen LogP contribution in [0.5, 0.6) is 0 Å². The van der Waals surface area contributed by atoms with Gasteiger partial charge in [-0.15, -0.1) is 0 Å². The fraction of sp³-hybridized carbons (Fsp3) is 0.250. The molecular weight excluding hydrogens is 649 g/mol. The van der Waals surface area contributed by atoms with Gasteiger partial charge in [-0.3, -0.25) is 19.1 Å². The smallest absolute Gasteiger partial charge is 0.296 e. The Bertz CT molecular complexity index is 1900. The lowest BCUT2D eigenvalue weighted by molar-refractivity contribution is -0.143. The van der Waals surface area contributed by atoms with Crippen molar-refractivity contribution in [2.24, 2.45) is 4.74 Å². The molecule has 1 N–H and O–H groups in total. The predicted octanol–water partition coefficient (Wildman–Crippen LogP) is 8.50. The van der Waals surface area contributed by atoms with Gasteiger partial charge in [0.05, 0.1) is 12.7 Å². The molecule has 0 heterocycles. The van der Waals surface area contributed by atoms with Gasteiger partial charge in [0, 0.05) is 38.6 Å². The highest BCUT2D eigenvalue weighted by molar-refractivity contribution is 7.87. The third-order valence-corrected chi connectivity index (χ3v) is 13.2. The Morgan fingerprint density at radius 1 is 0.647 bits per heavy atom. The van der Waals surface area contributed by atoms with Crippen molar-refractivity contribution >= 4 is 46.3 Å². The molecule has 0 spiro atoms. The maximum atomic E-state index is 14.8. The second-order valence-electron chi connectivity index (χ2n) is 14.1. The van der Waals surface area contributed by atoms with Crippen molar-refractivity contribution in [2.75, 3.05) is 0 Å². The Labute approximate surface area is 302 Å². The summed E-state index contributed by atoms with van der Waals surface area (Å²) in [5.74, 6) is -1.70. The lowest BCUT2D eigenvalue weighted by Gasteiger charge is -2.42. The number of Topliss-reactive ketones (excluding diaryl/α,β-unsaturated/α-hetero) is 1. The number of hydrogen-bond donors (Lipinski definition) is 1. The zero-order valence-corrected chi connectivity index (χ0v) is 30.5. The molecule has 5 aromatic carbocycles. The molecule has 7 heteroatoms. The Balaban J connectivity index is 1.62. The van der Waals surface area contributed by atoms with Gasteiger partial charge in [0.25, 0.3) is 5.91 Å². The van der Waals surface area contributed by atoms with Gasteiger partial charge >= 0.3 is 0 Å². The van der Waals surface area contributed by atoms with Gasteiger partial charge in [0.15, 0.2) is 0 Å². The van der Waals surface area contributed by atoms with Crippen molar-refractivity contribution in [1.82, 2.24) is 10.2 Å². The van der Waals surface area contributed by atoms with Crippen LogP contribution < -0.4 is 21.2 Å². The van der Waals surface area contributed by atoms with Gasteiger partial charge in [-0.25, -0.2) is 0 Å². The first-order chi connectivity index (χ1) is 24.7. The number of ketones is 1. The molecule has 1 aliphatic carbocycles. The summed E-state index contributed by atoms with van der Waals surface area (Å²) in [7, 11) is -2.75. The number of amides is 2. The topological polar surface area (TPSA) is 78.8 Å². The number of carbonyl (C=O) groups is 3. The van der Waals surface area contributed by atoms with E-state index in [1.807, 2.05) is 106 Å². The van der Waals surface area contributed by atoms with E-state index in [-0.39, 0.29) is 17.5 Å². The molecule has 0 aliphatic heterocycles. The molecule has 51 heavy (non-hydrogen) atoms. The summed E-state index contributed by atoms with van der Waals surface area (Å²) in [6.45, 7) is 5.62. The highest BCUT2D eigenvalue weighted by Crippen LogP contribution is 2.51. The van der Waals surface area contributed by atoms with E-state index in [4.69, 9.17) is 4.74 Å². The van der Waals surface area contributed by atoms with Gasteiger partial charge in [0.1, 0.15) is 6.04 Å². The van der Waals surface area contributed by atoms with E-state index in [1.54, 1.807) is 24.3 Å². The summed E-state index contributed by atoms with van der Waals surface area (Å²) in [5, 5.41) is 6.49. The van der Waals surface area contributed by atoms with Gasteiger partial charge in [0.2, 0.25) is 11.7 Å². The fourth-order valence-electron chi connectivity index (χ4n) is 7.08. The molecule has 0 radical (unpaired) electrons. The van der Waals surface area contributed by atoms with Crippen LogP contribution in [0.4, 0.5) is 5.69 Å². The third-order valence-electron chi connectivity index (χ3n) is 9.51. The normalized spacial score (nSPS) is 14.3. The number of nitrogens with zero attached hydrogens (tertiary/aromatic N) is 2. The van der Waals surface area contributed by atoms with E-state index in [9.17, 15) is 14.4 Å². The van der Waals surface area contributed by atoms with Crippen molar-refractivity contribution < 1.29 is 14.4 Å². The van der Waals surface area contributed by atoms with Crippen LogP contribution in [-0.4, -0.2) is 34.1 Å². The van der Waals surface area contributed by atoms with Crippen LogP contribution in [0.1, 0.15) is 74.8 Å². The minimum Gasteiger partial charge on any atom is -0.351 e. The molecule has 0 bridgehead atoms. The van der Waals surface area contributed by atoms with Crippen LogP contribution in [0.3, 0.4) is 0 Å². The van der Waals surface area contributed by atoms with Crippen LogP contribution in [0.25, 0.3) is 0 Å². The van der Waals surface area contributed by atoms with E-state index in [0.29, 0.717) is 11.3 Å². The largest absolute Gasteiger partial charge is 0.351 e. The molecule has 1 saturated carbocycles. The summed E-state index contributed by atoms with van der Waals surface area (Å²) >= 11 is 0. The summed E-state index contributed by atoms with van der Waals surface area (Å²) < 4.78 is 5.79. The quantitative estimate of drug-likeness (QED) is 0.0905. The number of nitrogens with one attached hydrogen (secondary N) is 1. The first-order valence-corrected chi connectivity index (χ1v) is 19.6. The Hall–Kier alpha value is -5.06. The average Bonchev–Trinajstić information content (AvgIpc) is 3.17. The minimum absolute atomic E-state index is 0.0101. The summed E-state index contributed by atoms with van der Waals surface area (Å²) in [6, 6.07) is 46.0. The molecule has 260 valence electrons. The minimum atomic E-state index is -2.75. The third kappa shape index (κ3) is 7.82. The van der Waals surface area contributed by atoms with Crippen LogP contribution in [0, 0.1) is 0 Å². The zero-order chi connectivity index (χ0) is 35.8. The molecule has 0 aromatic heterocycles. The molecule has 1 atom stereocenters. The van der Waals surface area contributed by atoms with Crippen molar-refractivity contribution in [3.8, 4) is 0 Å². The number of hydrogen-bond acceptors (Lipinski definition) is 4. The molecule has 6 rings (SSSR count). The Morgan fingerprint density at radius 2 is 1.10 bits per heavy atom. The highest BCUT2D eigenvalue weighted by atomic mass is 31.2. The van der Waals surface area contributed by atoms with E-state index >= 15 is 0 Å². The molecular formula is C44H46N3O3P. The van der Waals surface area contributed by atoms with E-state index < -0.39 is 30.3 Å². The van der Waals surface area contributed by atoms with E-state index in [1.165, 1.54) is 4.90 Å². The van der Waals surface area contributed by atoms with Crippen LogP contribution in [0.2, 0.25) is 0 Å². The first kappa shape index (κ1) is 35.8. The lowest BCUT2D eigenvalue weighted by Crippen LogP contribution is -2.55. The highest BCUT2D eigenvalue weighted by Gasteiger charge is 2.43. The summed E-state index contributed by atoms with van der Waals surface area (Å²) in [4.78, 5) is 44.8.